The lowest BCUT2D eigenvalue weighted by molar-refractivity contribution is -0.199. The molecule has 0 aromatic heterocycles. The first kappa shape index (κ1) is 48.5. The van der Waals surface area contributed by atoms with Crippen LogP contribution in [0.3, 0.4) is 0 Å². The van der Waals surface area contributed by atoms with Gasteiger partial charge in [-0.2, -0.15) is 0 Å². The van der Waals surface area contributed by atoms with Crippen LogP contribution in [-0.2, 0) is 34.9 Å². The highest BCUT2D eigenvalue weighted by Gasteiger charge is 2.68. The Morgan fingerprint density at radius 2 is 1.52 bits per heavy atom. The number of piperidine rings is 1. The van der Waals surface area contributed by atoms with Gasteiger partial charge in [0.25, 0.3) is 5.91 Å². The molecule has 12 nitrogen and oxygen atoms in total. The molecule has 3 amide bonds. The van der Waals surface area contributed by atoms with Crippen molar-refractivity contribution in [3.63, 3.8) is 0 Å². The maximum atomic E-state index is 13.8. The third-order valence-electron chi connectivity index (χ3n) is 15.1. The first-order valence-corrected chi connectivity index (χ1v) is 23.8. The van der Waals surface area contributed by atoms with Crippen LogP contribution in [0, 0.1) is 29.1 Å². The highest BCUT2D eigenvalue weighted by Crippen LogP contribution is 2.66. The van der Waals surface area contributed by atoms with Crippen LogP contribution in [0.2, 0.25) is 5.82 Å². The van der Waals surface area contributed by atoms with Crippen LogP contribution in [0.4, 0.5) is 0 Å². The SMILES string of the molecule is CCCCc1ccc(-c2ccc(C(=O)N3CCC(C(=O)N[C@H](C(=O)C[C@@H](C)C(=O)N[C@@H](CCCCN)C(=O)C[C@@H](C)B4OC5C[C@@H]6C[C@@H](C6(C)C)[C@]5(C)O4)[C@@H](C)O)CC3)cc2)cc1. The molecule has 5 fully saturated rings. The molecule has 2 bridgehead atoms. The maximum absolute atomic E-state index is 13.8. The lowest BCUT2D eigenvalue weighted by Gasteiger charge is -2.64. The molecule has 5 aliphatic rings. The smallest absolute Gasteiger partial charge is 0.405 e. The molecular weight excluding hydrogens is 795 g/mol. The molecule has 5 N–H and O–H groups in total. The van der Waals surface area contributed by atoms with Gasteiger partial charge in [-0.1, -0.05) is 77.4 Å². The van der Waals surface area contributed by atoms with E-state index in [0.717, 1.165) is 43.2 Å². The fourth-order valence-electron chi connectivity index (χ4n) is 10.7. The van der Waals surface area contributed by atoms with Crippen molar-refractivity contribution in [3.05, 3.63) is 59.7 Å². The summed E-state index contributed by atoms with van der Waals surface area (Å²) >= 11 is 0. The van der Waals surface area contributed by atoms with E-state index in [4.69, 9.17) is 15.0 Å². The number of nitrogens with one attached hydrogen (secondary N) is 2. The van der Waals surface area contributed by atoms with Crippen LogP contribution < -0.4 is 16.4 Å². The number of aliphatic hydroxyl groups is 1. The lowest BCUT2D eigenvalue weighted by atomic mass is 9.43. The Bertz CT molecular complexity index is 1920. The summed E-state index contributed by atoms with van der Waals surface area (Å²) in [4.78, 5) is 69.6. The number of aryl methyl sites for hydroxylation is 1. The minimum atomic E-state index is -1.21. The summed E-state index contributed by atoms with van der Waals surface area (Å²) in [5.74, 6) is -1.98. The highest BCUT2D eigenvalue weighted by molar-refractivity contribution is 6.47. The number of rotatable bonds is 21. The molecule has 63 heavy (non-hydrogen) atoms. The molecule has 2 aromatic carbocycles. The molecule has 1 unspecified atom stereocenters. The Balaban J connectivity index is 0.966. The minimum Gasteiger partial charge on any atom is -0.405 e. The minimum absolute atomic E-state index is 0.00771. The Labute approximate surface area is 375 Å². The molecule has 9 atom stereocenters. The zero-order chi connectivity index (χ0) is 45.6. The van der Waals surface area contributed by atoms with Crippen molar-refractivity contribution in [1.82, 2.24) is 15.5 Å². The van der Waals surface area contributed by atoms with Gasteiger partial charge in [-0.25, -0.2) is 0 Å². The Hall–Kier alpha value is -3.91. The van der Waals surface area contributed by atoms with E-state index in [0.29, 0.717) is 69.1 Å². The number of nitrogens with two attached hydrogens (primary N) is 1. The predicted molar refractivity (Wildman–Crippen MR) is 246 cm³/mol. The van der Waals surface area contributed by atoms with Gasteiger partial charge in [0.1, 0.15) is 6.04 Å². The van der Waals surface area contributed by atoms with E-state index in [-0.39, 0.29) is 53.4 Å². The summed E-state index contributed by atoms with van der Waals surface area (Å²) in [5.41, 5.74) is 9.62. The van der Waals surface area contributed by atoms with Crippen LogP contribution in [-0.4, -0.2) is 95.9 Å². The summed E-state index contributed by atoms with van der Waals surface area (Å²) in [7, 11) is -0.508. The fraction of sp³-hybridized carbons (Fsp3) is 0.660. The molecule has 13 heteroatoms. The molecule has 2 aromatic rings. The van der Waals surface area contributed by atoms with Crippen LogP contribution in [0.15, 0.2) is 48.5 Å². The molecule has 344 valence electrons. The van der Waals surface area contributed by atoms with Crippen LogP contribution in [0.1, 0.15) is 135 Å². The number of amides is 3. The van der Waals surface area contributed by atoms with E-state index in [2.05, 4.69) is 62.6 Å². The third-order valence-corrected chi connectivity index (χ3v) is 15.1. The molecular formula is C50H73BN4O8. The van der Waals surface area contributed by atoms with E-state index in [1.165, 1.54) is 12.5 Å². The normalized spacial score (nSPS) is 25.2. The van der Waals surface area contributed by atoms with Gasteiger partial charge in [0.05, 0.1) is 23.9 Å². The third kappa shape index (κ3) is 11.1. The van der Waals surface area contributed by atoms with Crippen molar-refractivity contribution in [2.24, 2.45) is 34.8 Å². The quantitative estimate of drug-likeness (QED) is 0.0786. The number of benzene rings is 2. The number of likely N-dealkylation sites (tertiary alicyclic amines) is 1. The van der Waals surface area contributed by atoms with Gasteiger partial charge in [0.15, 0.2) is 11.6 Å². The number of ketones is 2. The van der Waals surface area contributed by atoms with E-state index in [1.807, 2.05) is 31.2 Å². The van der Waals surface area contributed by atoms with E-state index >= 15 is 0 Å². The van der Waals surface area contributed by atoms with Crippen molar-refractivity contribution >= 4 is 36.4 Å². The number of nitrogens with zero attached hydrogens (tertiary/aromatic N) is 1. The predicted octanol–water partition coefficient (Wildman–Crippen LogP) is 6.70. The first-order valence-electron chi connectivity index (χ1n) is 23.8. The van der Waals surface area contributed by atoms with Gasteiger partial charge in [-0.05, 0) is 130 Å². The number of carbonyl (C=O) groups is 5. The number of carbonyl (C=O) groups excluding carboxylic acids is 5. The molecule has 3 aliphatic carbocycles. The zero-order valence-electron chi connectivity index (χ0n) is 38.8. The molecule has 2 heterocycles. The molecule has 2 saturated heterocycles. The fourth-order valence-corrected chi connectivity index (χ4v) is 10.7. The molecule has 2 aliphatic heterocycles. The van der Waals surface area contributed by atoms with Gasteiger partial charge in [-0.3, -0.25) is 24.0 Å². The van der Waals surface area contributed by atoms with Crippen molar-refractivity contribution in [2.75, 3.05) is 19.6 Å². The van der Waals surface area contributed by atoms with Gasteiger partial charge < -0.3 is 35.7 Å². The number of hydrogen-bond donors (Lipinski definition) is 4. The average Bonchev–Trinajstić information content (AvgIpc) is 3.64. The number of Topliss-reactive ketones (excluding diaryl/α,β-unsaturated/α-hetero) is 2. The number of aliphatic hydroxyl groups excluding tert-OH is 1. The van der Waals surface area contributed by atoms with E-state index < -0.39 is 48.8 Å². The Morgan fingerprint density at radius 1 is 0.873 bits per heavy atom. The van der Waals surface area contributed by atoms with Crippen molar-refractivity contribution in [2.45, 2.75) is 161 Å². The van der Waals surface area contributed by atoms with Crippen LogP contribution in [0.5, 0.6) is 0 Å². The standard InChI is InChI=1S/C50H73BN4O8/c1-8-9-12-34-14-16-35(17-15-34)36-18-20-38(21-19-36)48(61)55-25-22-37(23-26-55)47(60)54-45(33(4)56)42(58)27-31(2)46(59)53-40(13-10-11-24-52)41(57)28-32(3)51-62-44-30-39-29-43(49(39,5)6)50(44,7)63-51/h14-21,31-33,37,39-40,43-45,56H,8-13,22-30,52H2,1-7H3,(H,53,59)(H,54,60)/t31-,32-,33-,39+,40+,43+,44?,45+,50+/m1/s1. The second-order valence-corrected chi connectivity index (χ2v) is 20.1. The van der Waals surface area contributed by atoms with Crippen molar-refractivity contribution in [3.8, 4) is 11.1 Å². The Morgan fingerprint density at radius 3 is 2.13 bits per heavy atom. The number of unbranched alkanes of at least 4 members (excludes halogenated alkanes) is 2. The summed E-state index contributed by atoms with van der Waals surface area (Å²) < 4.78 is 13.1. The maximum Gasteiger partial charge on any atom is 0.461 e. The first-order chi connectivity index (χ1) is 30.0. The van der Waals surface area contributed by atoms with Gasteiger partial charge in [0, 0.05) is 43.3 Å². The lowest BCUT2D eigenvalue weighted by Crippen LogP contribution is -2.65. The molecule has 7 rings (SSSR count). The van der Waals surface area contributed by atoms with Crippen LogP contribution in [0.25, 0.3) is 11.1 Å². The summed E-state index contributed by atoms with van der Waals surface area (Å²) in [6.07, 6.45) is 6.81. The zero-order valence-corrected chi connectivity index (χ0v) is 38.8. The van der Waals surface area contributed by atoms with E-state index in [9.17, 15) is 29.1 Å². The van der Waals surface area contributed by atoms with E-state index in [1.54, 1.807) is 11.8 Å². The molecule has 0 spiro atoms. The number of hydrogen-bond acceptors (Lipinski definition) is 9. The summed E-state index contributed by atoms with van der Waals surface area (Å²) in [6, 6.07) is 14.2. The van der Waals surface area contributed by atoms with Gasteiger partial charge in [-0.15, -0.1) is 0 Å². The van der Waals surface area contributed by atoms with Gasteiger partial charge >= 0.3 is 7.12 Å². The highest BCUT2D eigenvalue weighted by atomic mass is 16.7. The molecule has 3 saturated carbocycles. The average molecular weight is 869 g/mol. The topological polar surface area (TPSA) is 177 Å². The van der Waals surface area contributed by atoms with Gasteiger partial charge in [0.2, 0.25) is 11.8 Å². The summed E-state index contributed by atoms with van der Waals surface area (Å²) in [5, 5.41) is 16.3. The Kier molecular flexibility index (Phi) is 16.1. The monoisotopic (exact) mass is 869 g/mol. The summed E-state index contributed by atoms with van der Waals surface area (Å²) in [6.45, 7) is 15.2. The van der Waals surface area contributed by atoms with Crippen LogP contribution >= 0.6 is 0 Å². The van der Waals surface area contributed by atoms with Crippen molar-refractivity contribution < 1.29 is 38.4 Å². The second kappa shape index (κ2) is 20.9. The largest absolute Gasteiger partial charge is 0.461 e. The molecule has 0 radical (unpaired) electrons. The van der Waals surface area contributed by atoms with Crippen molar-refractivity contribution in [1.29, 1.82) is 0 Å². The second-order valence-electron chi connectivity index (χ2n) is 20.1.